The van der Waals surface area contributed by atoms with Crippen LogP contribution in [0.25, 0.3) is 33.4 Å². The Labute approximate surface area is 181 Å². The zero-order valence-electron chi connectivity index (χ0n) is 16.8. The molecule has 0 aliphatic heterocycles. The quantitative estimate of drug-likeness (QED) is 0.355. The minimum absolute atomic E-state index is 0.190. The van der Waals surface area contributed by atoms with E-state index in [2.05, 4.69) is 10.3 Å². The van der Waals surface area contributed by atoms with Crippen LogP contribution in [-0.2, 0) is 0 Å². The number of hydrogen-bond donors (Lipinski definition) is 1. The molecule has 5 rings (SSSR count). The number of furan rings is 2. The molecule has 0 saturated carbocycles. The van der Waals surface area contributed by atoms with Crippen LogP contribution < -0.4 is 14.8 Å². The molecule has 2 aromatic carbocycles. The zero-order chi connectivity index (χ0) is 21.4. The van der Waals surface area contributed by atoms with Gasteiger partial charge in [0.15, 0.2) is 28.0 Å². The number of rotatable bonds is 6. The molecular formula is C23H18N2O5S. The Morgan fingerprint density at radius 3 is 2.87 bits per heavy atom. The van der Waals surface area contributed by atoms with Crippen molar-refractivity contribution in [1.82, 2.24) is 4.98 Å². The molecule has 0 atom stereocenters. The molecule has 1 N–H and O–H groups in total. The molecule has 0 unspecified atom stereocenters. The maximum atomic E-state index is 12.7. The van der Waals surface area contributed by atoms with E-state index in [-0.39, 0.29) is 11.7 Å². The molecule has 8 heteroatoms. The number of aromatic nitrogens is 1. The third-order valence-electron chi connectivity index (χ3n) is 4.74. The standard InChI is InChI=1S/C23H18N2O5S/c1-3-28-17-6-4-5-14-10-20(30-21(14)17)22(26)25-23-24-16(12-31-23)19-9-13-7-8-15(27-2)11-18(13)29-19/h4-12H,3H2,1-2H3,(H,24,25,26). The topological polar surface area (TPSA) is 86.7 Å². The van der Waals surface area contributed by atoms with Gasteiger partial charge < -0.3 is 18.3 Å². The third kappa shape index (κ3) is 3.62. The number of methoxy groups -OCH3 is 1. The van der Waals surface area contributed by atoms with Gasteiger partial charge in [0.25, 0.3) is 5.91 Å². The molecule has 0 bridgehead atoms. The lowest BCUT2D eigenvalue weighted by atomic mass is 10.2. The van der Waals surface area contributed by atoms with Crippen LogP contribution in [0.4, 0.5) is 5.13 Å². The number of carbonyl (C=O) groups excluding carboxylic acids is 1. The fraction of sp³-hybridized carbons (Fsp3) is 0.130. The Hall–Kier alpha value is -3.78. The predicted molar refractivity (Wildman–Crippen MR) is 119 cm³/mol. The van der Waals surface area contributed by atoms with Crippen molar-refractivity contribution in [1.29, 1.82) is 0 Å². The Kier molecular flexibility index (Phi) is 4.83. The van der Waals surface area contributed by atoms with Crippen LogP contribution in [0, 0.1) is 0 Å². The first-order chi connectivity index (χ1) is 15.1. The monoisotopic (exact) mass is 434 g/mol. The summed E-state index contributed by atoms with van der Waals surface area (Å²) in [5, 5.41) is 6.81. The van der Waals surface area contributed by atoms with Gasteiger partial charge >= 0.3 is 0 Å². The van der Waals surface area contributed by atoms with Crippen LogP contribution in [0.5, 0.6) is 11.5 Å². The summed E-state index contributed by atoms with van der Waals surface area (Å²) >= 11 is 1.31. The number of para-hydroxylation sites is 1. The molecule has 0 spiro atoms. The highest BCUT2D eigenvalue weighted by atomic mass is 32.1. The second-order valence-corrected chi connectivity index (χ2v) is 7.58. The Morgan fingerprint density at radius 2 is 2.03 bits per heavy atom. The highest BCUT2D eigenvalue weighted by Gasteiger charge is 2.17. The van der Waals surface area contributed by atoms with E-state index in [0.29, 0.717) is 40.1 Å². The SMILES string of the molecule is CCOc1cccc2cc(C(=O)Nc3nc(-c4cc5ccc(OC)cc5o4)cs3)oc12. The van der Waals surface area contributed by atoms with Gasteiger partial charge in [0, 0.05) is 22.2 Å². The largest absolute Gasteiger partial charge is 0.497 e. The van der Waals surface area contributed by atoms with Crippen molar-refractivity contribution in [2.45, 2.75) is 6.92 Å². The van der Waals surface area contributed by atoms with Crippen LogP contribution >= 0.6 is 11.3 Å². The number of carbonyl (C=O) groups is 1. The molecule has 0 radical (unpaired) electrons. The number of amides is 1. The van der Waals surface area contributed by atoms with Crippen LogP contribution in [0.15, 0.2) is 62.7 Å². The van der Waals surface area contributed by atoms with Gasteiger partial charge in [-0.2, -0.15) is 0 Å². The fourth-order valence-corrected chi connectivity index (χ4v) is 3.98. The number of nitrogens with one attached hydrogen (secondary N) is 1. The van der Waals surface area contributed by atoms with E-state index in [1.807, 2.05) is 54.8 Å². The van der Waals surface area contributed by atoms with E-state index in [0.717, 1.165) is 16.5 Å². The van der Waals surface area contributed by atoms with E-state index >= 15 is 0 Å². The van der Waals surface area contributed by atoms with Gasteiger partial charge in [-0.3, -0.25) is 10.1 Å². The molecule has 156 valence electrons. The van der Waals surface area contributed by atoms with Crippen LogP contribution in [-0.4, -0.2) is 24.6 Å². The Morgan fingerprint density at radius 1 is 1.13 bits per heavy atom. The molecule has 0 saturated heterocycles. The Balaban J connectivity index is 1.37. The predicted octanol–water partition coefficient (Wildman–Crippen LogP) is 5.96. The summed E-state index contributed by atoms with van der Waals surface area (Å²) in [7, 11) is 1.61. The lowest BCUT2D eigenvalue weighted by molar-refractivity contribution is 0.0998. The highest BCUT2D eigenvalue weighted by Crippen LogP contribution is 2.33. The lowest BCUT2D eigenvalue weighted by Crippen LogP contribution is -2.10. The van der Waals surface area contributed by atoms with Crippen LogP contribution in [0.1, 0.15) is 17.5 Å². The van der Waals surface area contributed by atoms with Crippen molar-refractivity contribution >= 4 is 44.3 Å². The lowest BCUT2D eigenvalue weighted by Gasteiger charge is -2.02. The minimum atomic E-state index is -0.381. The van der Waals surface area contributed by atoms with Crippen molar-refractivity contribution in [3.8, 4) is 23.0 Å². The third-order valence-corrected chi connectivity index (χ3v) is 5.49. The van der Waals surface area contributed by atoms with E-state index < -0.39 is 0 Å². The van der Waals surface area contributed by atoms with Gasteiger partial charge in [-0.05, 0) is 37.3 Å². The van der Waals surface area contributed by atoms with Crippen molar-refractivity contribution in [3.05, 3.63) is 59.7 Å². The summed E-state index contributed by atoms with van der Waals surface area (Å²) in [6.07, 6.45) is 0. The van der Waals surface area contributed by atoms with Gasteiger partial charge in [0.05, 0.1) is 13.7 Å². The van der Waals surface area contributed by atoms with Gasteiger partial charge in [0.2, 0.25) is 0 Å². The number of hydrogen-bond acceptors (Lipinski definition) is 7. The Bertz CT molecular complexity index is 1400. The number of ether oxygens (including phenoxy) is 2. The molecule has 7 nitrogen and oxygen atoms in total. The van der Waals surface area contributed by atoms with E-state index in [9.17, 15) is 4.79 Å². The van der Waals surface area contributed by atoms with E-state index in [4.69, 9.17) is 18.3 Å². The number of anilines is 1. The summed E-state index contributed by atoms with van der Waals surface area (Å²) < 4.78 is 22.4. The second-order valence-electron chi connectivity index (χ2n) is 6.72. The van der Waals surface area contributed by atoms with Crippen LogP contribution in [0.2, 0.25) is 0 Å². The average Bonchev–Trinajstić information content (AvgIpc) is 3.51. The van der Waals surface area contributed by atoms with Crippen molar-refractivity contribution < 1.29 is 23.1 Å². The number of thiazole rings is 1. The maximum absolute atomic E-state index is 12.7. The van der Waals surface area contributed by atoms with Gasteiger partial charge in [0.1, 0.15) is 17.0 Å². The molecule has 1 amide bonds. The zero-order valence-corrected chi connectivity index (χ0v) is 17.6. The number of nitrogens with zero attached hydrogens (tertiary/aromatic N) is 1. The molecule has 31 heavy (non-hydrogen) atoms. The second kappa shape index (κ2) is 7.81. The molecule has 0 aliphatic rings. The maximum Gasteiger partial charge on any atom is 0.293 e. The van der Waals surface area contributed by atoms with E-state index in [1.54, 1.807) is 13.2 Å². The summed E-state index contributed by atoms with van der Waals surface area (Å²) in [6, 6.07) is 14.8. The van der Waals surface area contributed by atoms with Gasteiger partial charge in [-0.25, -0.2) is 4.98 Å². The summed E-state index contributed by atoms with van der Waals surface area (Å²) in [5.41, 5.74) is 1.89. The number of benzene rings is 2. The summed E-state index contributed by atoms with van der Waals surface area (Å²) in [6.45, 7) is 2.41. The highest BCUT2D eigenvalue weighted by molar-refractivity contribution is 7.14. The van der Waals surface area contributed by atoms with Gasteiger partial charge in [-0.1, -0.05) is 12.1 Å². The number of fused-ring (bicyclic) bond motifs is 2. The van der Waals surface area contributed by atoms with Crippen molar-refractivity contribution in [2.24, 2.45) is 0 Å². The molecule has 0 fully saturated rings. The first kappa shape index (κ1) is 19.2. The minimum Gasteiger partial charge on any atom is -0.497 e. The first-order valence-corrected chi connectivity index (χ1v) is 10.5. The van der Waals surface area contributed by atoms with Gasteiger partial charge in [-0.15, -0.1) is 11.3 Å². The smallest absolute Gasteiger partial charge is 0.293 e. The molecule has 3 heterocycles. The summed E-state index contributed by atoms with van der Waals surface area (Å²) in [5.74, 6) is 1.75. The van der Waals surface area contributed by atoms with Crippen molar-refractivity contribution in [2.75, 3.05) is 19.0 Å². The first-order valence-electron chi connectivity index (χ1n) is 9.65. The van der Waals surface area contributed by atoms with Crippen molar-refractivity contribution in [3.63, 3.8) is 0 Å². The fourth-order valence-electron chi connectivity index (χ4n) is 3.29. The molecule has 0 aliphatic carbocycles. The van der Waals surface area contributed by atoms with E-state index in [1.165, 1.54) is 11.3 Å². The average molecular weight is 434 g/mol. The normalized spacial score (nSPS) is 11.2. The summed E-state index contributed by atoms with van der Waals surface area (Å²) in [4.78, 5) is 17.2. The molecular weight excluding hydrogens is 416 g/mol. The van der Waals surface area contributed by atoms with Crippen LogP contribution in [0.3, 0.4) is 0 Å². The molecule has 5 aromatic rings. The molecule has 3 aromatic heterocycles.